The Hall–Kier alpha value is -4.28. The van der Waals surface area contributed by atoms with Crippen LogP contribution in [0, 0.1) is 0 Å². The Morgan fingerprint density at radius 3 is 1.35 bits per heavy atom. The van der Waals surface area contributed by atoms with E-state index in [0.717, 1.165) is 9.79 Å². The number of fused-ring (bicyclic) bond motifs is 7. The summed E-state index contributed by atoms with van der Waals surface area (Å²) in [4.78, 5) is 2.07. The van der Waals surface area contributed by atoms with Gasteiger partial charge in [-0.05, 0) is 77.5 Å². The lowest BCUT2D eigenvalue weighted by Gasteiger charge is -2.16. The van der Waals surface area contributed by atoms with Gasteiger partial charge < -0.3 is 0 Å². The fourth-order valence-corrected chi connectivity index (χ4v) is 8.95. The lowest BCUT2D eigenvalue weighted by molar-refractivity contribution is 1.62. The summed E-state index contributed by atoms with van der Waals surface area (Å²) >= 11 is 11.8. The summed E-state index contributed by atoms with van der Waals surface area (Å²) in [6, 6.07) is 48.4. The number of hydrogen-bond acceptors (Lipinski definition) is 3. The van der Waals surface area contributed by atoms with Crippen molar-refractivity contribution in [1.82, 2.24) is 0 Å². The Morgan fingerprint density at radius 2 is 0.837 bits per heavy atom. The van der Waals surface area contributed by atoms with Crippen molar-refractivity contribution >= 4 is 99.9 Å². The van der Waals surface area contributed by atoms with E-state index in [-0.39, 0.29) is 0 Å². The number of rotatable bonds is 2. The molecule has 0 atom stereocenters. The predicted octanol–water partition coefficient (Wildman–Crippen LogP) is 12.6. The van der Waals surface area contributed by atoms with Crippen molar-refractivity contribution < 1.29 is 0 Å². The van der Waals surface area contributed by atoms with Crippen LogP contribution >= 0.6 is 36.6 Å². The van der Waals surface area contributed by atoms with Gasteiger partial charge in [-0.2, -0.15) is 0 Å². The molecule has 0 bridgehead atoms. The highest BCUT2D eigenvalue weighted by molar-refractivity contribution is 7.81. The van der Waals surface area contributed by atoms with Crippen LogP contribution in [0.2, 0.25) is 0 Å². The molecule has 0 saturated carbocycles. The van der Waals surface area contributed by atoms with E-state index >= 15 is 0 Å². The Bertz CT molecular complexity index is 2480. The van der Waals surface area contributed by atoms with Gasteiger partial charge in [0.1, 0.15) is 0 Å². The summed E-state index contributed by atoms with van der Waals surface area (Å²) in [5.74, 6) is 0. The highest BCUT2D eigenvalue weighted by Crippen LogP contribution is 2.48. The first-order valence-electron chi connectivity index (χ1n) is 14.4. The van der Waals surface area contributed by atoms with Crippen LogP contribution in [-0.4, -0.2) is 0 Å². The van der Waals surface area contributed by atoms with Gasteiger partial charge in [0.25, 0.3) is 0 Å². The minimum absolute atomic E-state index is 1.04. The maximum Gasteiger partial charge on any atom is 0.0361 e. The van der Waals surface area contributed by atoms with E-state index in [1.807, 2.05) is 11.3 Å². The zero-order valence-corrected chi connectivity index (χ0v) is 25.6. The van der Waals surface area contributed by atoms with E-state index < -0.39 is 0 Å². The van der Waals surface area contributed by atoms with Gasteiger partial charge in [0.15, 0.2) is 0 Å². The highest BCUT2D eigenvalue weighted by atomic mass is 32.1. The second-order valence-corrected chi connectivity index (χ2v) is 13.1. The molecule has 202 valence electrons. The summed E-state index contributed by atoms with van der Waals surface area (Å²) < 4.78 is 2.59. The molecule has 8 aromatic carbocycles. The van der Waals surface area contributed by atoms with Crippen LogP contribution in [0.15, 0.2) is 143 Å². The summed E-state index contributed by atoms with van der Waals surface area (Å²) in [5, 5.41) is 12.3. The van der Waals surface area contributed by atoms with Crippen molar-refractivity contribution in [3.05, 3.63) is 133 Å². The van der Waals surface area contributed by atoms with Crippen LogP contribution in [0.4, 0.5) is 0 Å². The monoisotopic (exact) mass is 600 g/mol. The van der Waals surface area contributed by atoms with Gasteiger partial charge in [0, 0.05) is 30.0 Å². The average Bonchev–Trinajstić information content (AvgIpc) is 3.44. The third kappa shape index (κ3) is 3.66. The van der Waals surface area contributed by atoms with Crippen LogP contribution in [0.5, 0.6) is 0 Å². The van der Waals surface area contributed by atoms with E-state index in [9.17, 15) is 0 Å². The zero-order valence-electron chi connectivity index (χ0n) is 23.0. The number of thiophene rings is 1. The molecule has 0 aliphatic rings. The van der Waals surface area contributed by atoms with E-state index in [1.165, 1.54) is 85.5 Å². The Labute approximate surface area is 264 Å². The summed E-state index contributed by atoms with van der Waals surface area (Å²) in [6.45, 7) is 0. The standard InChI is InChI=1S/C40H24S3/c41-39-28-14-5-1-10-24(28)36(25-11-2-6-15-29(25)39)23-20-21-32-35(22-23)43-34-19-9-18-33(38(32)34)37-26-12-3-7-16-30(26)40(42)31-17-8-4-13-27(31)37/h1-22,41-42H. The first kappa shape index (κ1) is 25.2. The summed E-state index contributed by atoms with van der Waals surface area (Å²) in [6.07, 6.45) is 0. The number of hydrogen-bond donors (Lipinski definition) is 2. The van der Waals surface area contributed by atoms with Gasteiger partial charge in [0.05, 0.1) is 0 Å². The molecular formula is C40H24S3. The smallest absolute Gasteiger partial charge is 0.0361 e. The normalized spacial score (nSPS) is 12.0. The van der Waals surface area contributed by atoms with E-state index in [2.05, 4.69) is 133 Å². The molecule has 9 rings (SSSR count). The second-order valence-electron chi connectivity index (χ2n) is 11.1. The molecule has 0 nitrogen and oxygen atoms in total. The molecule has 1 heterocycles. The zero-order chi connectivity index (χ0) is 28.7. The summed E-state index contributed by atoms with van der Waals surface area (Å²) in [5.41, 5.74) is 5.05. The third-order valence-corrected chi connectivity index (χ3v) is 10.9. The molecule has 43 heavy (non-hydrogen) atoms. The first-order chi connectivity index (χ1) is 21.2. The van der Waals surface area contributed by atoms with Crippen molar-refractivity contribution in [2.24, 2.45) is 0 Å². The predicted molar refractivity (Wildman–Crippen MR) is 195 cm³/mol. The third-order valence-electron chi connectivity index (χ3n) is 8.86. The van der Waals surface area contributed by atoms with Crippen LogP contribution in [0.1, 0.15) is 0 Å². The van der Waals surface area contributed by atoms with Crippen molar-refractivity contribution in [3.63, 3.8) is 0 Å². The van der Waals surface area contributed by atoms with E-state index in [1.54, 1.807) is 0 Å². The summed E-state index contributed by atoms with van der Waals surface area (Å²) in [7, 11) is 0. The molecule has 9 aromatic rings. The first-order valence-corrected chi connectivity index (χ1v) is 16.1. The number of benzene rings is 8. The van der Waals surface area contributed by atoms with Crippen molar-refractivity contribution in [1.29, 1.82) is 0 Å². The largest absolute Gasteiger partial charge is 0.142 e. The van der Waals surface area contributed by atoms with E-state index in [4.69, 9.17) is 25.3 Å². The van der Waals surface area contributed by atoms with Gasteiger partial charge in [0.2, 0.25) is 0 Å². The minimum atomic E-state index is 1.04. The van der Waals surface area contributed by atoms with Gasteiger partial charge in [-0.3, -0.25) is 0 Å². The molecule has 0 spiro atoms. The molecule has 1 aromatic heterocycles. The molecule has 0 aliphatic heterocycles. The molecule has 3 heteroatoms. The van der Waals surface area contributed by atoms with Gasteiger partial charge >= 0.3 is 0 Å². The molecule has 0 saturated heterocycles. The van der Waals surface area contributed by atoms with Crippen molar-refractivity contribution in [2.45, 2.75) is 9.79 Å². The molecule has 0 unspecified atom stereocenters. The number of thiol groups is 2. The molecule has 0 aliphatic carbocycles. The Morgan fingerprint density at radius 1 is 0.372 bits per heavy atom. The van der Waals surface area contributed by atoms with Crippen LogP contribution in [-0.2, 0) is 0 Å². The Balaban J connectivity index is 1.36. The van der Waals surface area contributed by atoms with E-state index in [0.29, 0.717) is 0 Å². The Kier molecular flexibility index (Phi) is 5.65. The topological polar surface area (TPSA) is 0 Å². The van der Waals surface area contributed by atoms with Gasteiger partial charge in [-0.1, -0.05) is 121 Å². The lowest BCUT2D eigenvalue weighted by Crippen LogP contribution is -1.89. The maximum absolute atomic E-state index is 5.00. The highest BCUT2D eigenvalue weighted by Gasteiger charge is 2.19. The molecule has 0 radical (unpaired) electrons. The fraction of sp³-hybridized carbons (Fsp3) is 0. The second kappa shape index (κ2) is 9.62. The molecule has 0 N–H and O–H groups in total. The van der Waals surface area contributed by atoms with Crippen LogP contribution in [0.3, 0.4) is 0 Å². The van der Waals surface area contributed by atoms with Crippen molar-refractivity contribution in [3.8, 4) is 22.3 Å². The van der Waals surface area contributed by atoms with Crippen molar-refractivity contribution in [2.75, 3.05) is 0 Å². The van der Waals surface area contributed by atoms with Crippen LogP contribution < -0.4 is 0 Å². The minimum Gasteiger partial charge on any atom is -0.142 e. The maximum atomic E-state index is 5.00. The molecule has 0 amide bonds. The van der Waals surface area contributed by atoms with Crippen LogP contribution in [0.25, 0.3) is 85.5 Å². The SMILES string of the molecule is Sc1c2ccccc2c(-c2ccc3c(c2)sc2cccc(-c4c5ccccc5c(S)c5ccccc45)c23)c2ccccc12. The molecular weight excluding hydrogens is 577 g/mol. The average molecular weight is 601 g/mol. The lowest BCUT2D eigenvalue weighted by atomic mass is 9.89. The molecule has 0 fully saturated rings. The van der Waals surface area contributed by atoms with Gasteiger partial charge in [-0.15, -0.1) is 36.6 Å². The fourth-order valence-electron chi connectivity index (χ4n) is 7.00. The quantitative estimate of drug-likeness (QED) is 0.143. The van der Waals surface area contributed by atoms with Gasteiger partial charge in [-0.25, -0.2) is 0 Å².